The standard InChI is InChI=1S/C11H18N4O2/c1-15(10-3-2-9(12)13-14-10)8-11(16)4-6-17-7-5-11/h2-3,16H,4-8H2,1H3,(H2,12,13). The Kier molecular flexibility index (Phi) is 3.44. The summed E-state index contributed by atoms with van der Waals surface area (Å²) in [6, 6.07) is 3.50. The first-order valence-corrected chi connectivity index (χ1v) is 5.70. The smallest absolute Gasteiger partial charge is 0.151 e. The molecule has 6 nitrogen and oxygen atoms in total. The number of hydrogen-bond donors (Lipinski definition) is 2. The van der Waals surface area contributed by atoms with Crippen LogP contribution in [0.5, 0.6) is 0 Å². The van der Waals surface area contributed by atoms with E-state index in [1.165, 1.54) is 0 Å². The van der Waals surface area contributed by atoms with Gasteiger partial charge in [-0.25, -0.2) is 0 Å². The maximum atomic E-state index is 10.4. The molecule has 6 heteroatoms. The summed E-state index contributed by atoms with van der Waals surface area (Å²) in [5, 5.41) is 18.1. The van der Waals surface area contributed by atoms with Gasteiger partial charge in [-0.05, 0) is 12.1 Å². The Balaban J connectivity index is 2.00. The first-order valence-electron chi connectivity index (χ1n) is 5.70. The minimum atomic E-state index is -0.698. The van der Waals surface area contributed by atoms with Crippen molar-refractivity contribution in [3.8, 4) is 0 Å². The lowest BCUT2D eigenvalue weighted by molar-refractivity contribution is -0.0573. The largest absolute Gasteiger partial charge is 0.388 e. The summed E-state index contributed by atoms with van der Waals surface area (Å²) in [7, 11) is 1.88. The van der Waals surface area contributed by atoms with Crippen molar-refractivity contribution in [1.82, 2.24) is 10.2 Å². The first kappa shape index (κ1) is 12.1. The zero-order valence-corrected chi connectivity index (χ0v) is 9.96. The van der Waals surface area contributed by atoms with Gasteiger partial charge in [0.1, 0.15) is 5.82 Å². The third kappa shape index (κ3) is 3.04. The topological polar surface area (TPSA) is 84.5 Å². The number of aliphatic hydroxyl groups is 1. The third-order valence-electron chi connectivity index (χ3n) is 3.02. The average Bonchev–Trinajstić information content (AvgIpc) is 2.30. The van der Waals surface area contributed by atoms with Gasteiger partial charge in [0.2, 0.25) is 0 Å². The summed E-state index contributed by atoms with van der Waals surface area (Å²) in [5.41, 5.74) is 4.78. The Morgan fingerprint density at radius 1 is 1.41 bits per heavy atom. The van der Waals surface area contributed by atoms with E-state index in [4.69, 9.17) is 10.5 Å². The fourth-order valence-corrected chi connectivity index (χ4v) is 1.97. The van der Waals surface area contributed by atoms with Crippen molar-refractivity contribution >= 4 is 11.6 Å². The van der Waals surface area contributed by atoms with Crippen molar-refractivity contribution in [3.63, 3.8) is 0 Å². The number of anilines is 2. The van der Waals surface area contributed by atoms with Crippen LogP contribution in [0.1, 0.15) is 12.8 Å². The first-order chi connectivity index (χ1) is 8.09. The second kappa shape index (κ2) is 4.85. The number of nitrogens with zero attached hydrogens (tertiary/aromatic N) is 3. The Hall–Kier alpha value is -1.40. The third-order valence-corrected chi connectivity index (χ3v) is 3.02. The number of hydrogen-bond acceptors (Lipinski definition) is 6. The normalized spacial score (nSPS) is 18.9. The zero-order chi connectivity index (χ0) is 12.3. The lowest BCUT2D eigenvalue weighted by atomic mass is 9.94. The van der Waals surface area contributed by atoms with Crippen LogP contribution in [0.25, 0.3) is 0 Å². The monoisotopic (exact) mass is 238 g/mol. The maximum Gasteiger partial charge on any atom is 0.151 e. The Morgan fingerprint density at radius 2 is 2.12 bits per heavy atom. The molecule has 94 valence electrons. The van der Waals surface area contributed by atoms with E-state index in [0.29, 0.717) is 44.2 Å². The Morgan fingerprint density at radius 3 is 2.71 bits per heavy atom. The van der Waals surface area contributed by atoms with Crippen LogP contribution in [0, 0.1) is 0 Å². The fraction of sp³-hybridized carbons (Fsp3) is 0.636. The minimum Gasteiger partial charge on any atom is -0.388 e. The molecule has 0 bridgehead atoms. The number of rotatable bonds is 3. The highest BCUT2D eigenvalue weighted by atomic mass is 16.5. The SMILES string of the molecule is CN(CC1(O)CCOCC1)c1ccc(N)nn1. The number of nitrogen functional groups attached to an aromatic ring is 1. The Bertz CT molecular complexity index is 362. The second-order valence-corrected chi connectivity index (χ2v) is 4.51. The van der Waals surface area contributed by atoms with Crippen LogP contribution in [0.15, 0.2) is 12.1 Å². The molecule has 2 rings (SSSR count). The van der Waals surface area contributed by atoms with Crippen molar-refractivity contribution in [2.45, 2.75) is 18.4 Å². The summed E-state index contributed by atoms with van der Waals surface area (Å²) >= 11 is 0. The molecule has 1 aliphatic heterocycles. The molecule has 3 N–H and O–H groups in total. The van der Waals surface area contributed by atoms with E-state index >= 15 is 0 Å². The predicted molar refractivity (Wildman–Crippen MR) is 64.7 cm³/mol. The summed E-state index contributed by atoms with van der Waals surface area (Å²) in [6.07, 6.45) is 1.31. The van der Waals surface area contributed by atoms with E-state index < -0.39 is 5.60 Å². The highest BCUT2D eigenvalue weighted by molar-refractivity contribution is 5.40. The molecule has 17 heavy (non-hydrogen) atoms. The van der Waals surface area contributed by atoms with Gasteiger partial charge in [0.25, 0.3) is 0 Å². The quantitative estimate of drug-likeness (QED) is 0.773. The van der Waals surface area contributed by atoms with E-state index in [1.807, 2.05) is 11.9 Å². The summed E-state index contributed by atoms with van der Waals surface area (Å²) in [6.45, 7) is 1.74. The number of ether oxygens (including phenoxy) is 1. The molecule has 0 saturated carbocycles. The molecule has 1 fully saturated rings. The molecular weight excluding hydrogens is 220 g/mol. The molecule has 2 heterocycles. The molecule has 1 aromatic heterocycles. The van der Waals surface area contributed by atoms with Gasteiger partial charge < -0.3 is 20.5 Å². The second-order valence-electron chi connectivity index (χ2n) is 4.51. The van der Waals surface area contributed by atoms with E-state index in [9.17, 15) is 5.11 Å². The minimum absolute atomic E-state index is 0.395. The van der Waals surface area contributed by atoms with E-state index in [0.717, 1.165) is 0 Å². The maximum absolute atomic E-state index is 10.4. The predicted octanol–water partition coefficient (Wildman–Crippen LogP) is 0.0365. The van der Waals surface area contributed by atoms with Gasteiger partial charge in [-0.3, -0.25) is 0 Å². The number of likely N-dealkylation sites (N-methyl/N-ethyl adjacent to an activating group) is 1. The molecule has 0 radical (unpaired) electrons. The van der Waals surface area contributed by atoms with Gasteiger partial charge in [0.15, 0.2) is 5.82 Å². The van der Waals surface area contributed by atoms with Crippen molar-refractivity contribution in [3.05, 3.63) is 12.1 Å². The van der Waals surface area contributed by atoms with Gasteiger partial charge >= 0.3 is 0 Å². The van der Waals surface area contributed by atoms with Gasteiger partial charge in [-0.2, -0.15) is 0 Å². The molecule has 0 unspecified atom stereocenters. The zero-order valence-electron chi connectivity index (χ0n) is 9.96. The number of nitrogens with two attached hydrogens (primary N) is 1. The molecular formula is C11H18N4O2. The highest BCUT2D eigenvalue weighted by Gasteiger charge is 2.31. The fourth-order valence-electron chi connectivity index (χ4n) is 1.97. The summed E-state index contributed by atoms with van der Waals surface area (Å²) < 4.78 is 5.24. The van der Waals surface area contributed by atoms with Crippen LogP contribution in [0.4, 0.5) is 11.6 Å². The lowest BCUT2D eigenvalue weighted by Gasteiger charge is -2.35. The number of aromatic nitrogens is 2. The lowest BCUT2D eigenvalue weighted by Crippen LogP contribution is -2.46. The van der Waals surface area contributed by atoms with Gasteiger partial charge in [-0.15, -0.1) is 10.2 Å². The van der Waals surface area contributed by atoms with Crippen LogP contribution in [-0.2, 0) is 4.74 Å². The van der Waals surface area contributed by atoms with Gasteiger partial charge in [-0.1, -0.05) is 0 Å². The van der Waals surface area contributed by atoms with E-state index in [2.05, 4.69) is 10.2 Å². The van der Waals surface area contributed by atoms with Crippen LogP contribution in [0.3, 0.4) is 0 Å². The van der Waals surface area contributed by atoms with Crippen molar-refractivity contribution < 1.29 is 9.84 Å². The molecule has 1 saturated heterocycles. The molecule has 0 aromatic carbocycles. The molecule has 0 atom stereocenters. The Labute approximate surface area is 100 Å². The molecule has 0 spiro atoms. The van der Waals surface area contributed by atoms with Crippen LogP contribution < -0.4 is 10.6 Å². The molecule has 0 aliphatic carbocycles. The van der Waals surface area contributed by atoms with Crippen molar-refractivity contribution in [1.29, 1.82) is 0 Å². The van der Waals surface area contributed by atoms with Gasteiger partial charge in [0, 0.05) is 39.6 Å². The van der Waals surface area contributed by atoms with Gasteiger partial charge in [0.05, 0.1) is 5.60 Å². The molecule has 1 aromatic rings. The molecule has 0 amide bonds. The van der Waals surface area contributed by atoms with Crippen molar-refractivity contribution in [2.75, 3.05) is 37.4 Å². The molecule has 1 aliphatic rings. The van der Waals surface area contributed by atoms with Crippen LogP contribution in [-0.4, -0.2) is 47.7 Å². The van der Waals surface area contributed by atoms with E-state index in [-0.39, 0.29) is 0 Å². The van der Waals surface area contributed by atoms with E-state index in [1.54, 1.807) is 12.1 Å². The van der Waals surface area contributed by atoms with Crippen LogP contribution >= 0.6 is 0 Å². The highest BCUT2D eigenvalue weighted by Crippen LogP contribution is 2.23. The summed E-state index contributed by atoms with van der Waals surface area (Å²) in [4.78, 5) is 1.89. The summed E-state index contributed by atoms with van der Waals surface area (Å²) in [5.74, 6) is 1.10. The van der Waals surface area contributed by atoms with Crippen molar-refractivity contribution in [2.24, 2.45) is 0 Å². The average molecular weight is 238 g/mol. The van der Waals surface area contributed by atoms with Crippen LogP contribution in [0.2, 0.25) is 0 Å².